The Bertz CT molecular complexity index is 765. The number of hydrogen-bond acceptors (Lipinski definition) is 3. The average molecular weight is 409 g/mol. The zero-order chi connectivity index (χ0) is 18.4. The second-order valence-corrected chi connectivity index (χ2v) is 6.13. The molecule has 132 valence electrons. The number of anilines is 2. The second-order valence-electron chi connectivity index (χ2n) is 5.28. The molecule has 2 rings (SSSR count). The topological polar surface area (TPSA) is 58.6 Å². The first-order valence-corrected chi connectivity index (χ1v) is 8.44. The maximum absolute atomic E-state index is 13.2. The van der Waals surface area contributed by atoms with Gasteiger partial charge in [0.2, 0.25) is 5.91 Å². The summed E-state index contributed by atoms with van der Waals surface area (Å²) >= 11 is 3.10. The Morgan fingerprint density at radius 3 is 2.48 bits per heavy atom. The predicted molar refractivity (Wildman–Crippen MR) is 98.3 cm³/mol. The SMILES string of the molecule is CCOC(=O)N(C)c1ccc(NC(=O)Cc2ccc(F)c(Br)c2)cc1. The van der Waals surface area contributed by atoms with Crippen LogP contribution in [0.3, 0.4) is 0 Å². The van der Waals surface area contributed by atoms with Crippen molar-refractivity contribution in [2.75, 3.05) is 23.9 Å². The number of ether oxygens (including phenoxy) is 1. The van der Waals surface area contributed by atoms with Gasteiger partial charge in [-0.2, -0.15) is 0 Å². The minimum Gasteiger partial charge on any atom is -0.449 e. The summed E-state index contributed by atoms with van der Waals surface area (Å²) in [6, 6.07) is 11.3. The molecule has 1 N–H and O–H groups in total. The van der Waals surface area contributed by atoms with E-state index >= 15 is 0 Å². The van der Waals surface area contributed by atoms with E-state index in [1.807, 2.05) is 0 Å². The molecule has 25 heavy (non-hydrogen) atoms. The van der Waals surface area contributed by atoms with E-state index in [1.54, 1.807) is 50.4 Å². The highest BCUT2D eigenvalue weighted by molar-refractivity contribution is 9.10. The van der Waals surface area contributed by atoms with Gasteiger partial charge >= 0.3 is 6.09 Å². The summed E-state index contributed by atoms with van der Waals surface area (Å²) in [5.74, 6) is -0.588. The fourth-order valence-corrected chi connectivity index (χ4v) is 2.56. The van der Waals surface area contributed by atoms with Crippen LogP contribution in [0, 0.1) is 5.82 Å². The third-order valence-electron chi connectivity index (χ3n) is 3.43. The zero-order valence-electron chi connectivity index (χ0n) is 13.9. The van der Waals surface area contributed by atoms with Crippen LogP contribution in [0.15, 0.2) is 46.9 Å². The number of carbonyl (C=O) groups is 2. The van der Waals surface area contributed by atoms with Gasteiger partial charge in [0.05, 0.1) is 17.5 Å². The third kappa shape index (κ3) is 5.29. The summed E-state index contributed by atoms with van der Waals surface area (Å²) in [5, 5.41) is 2.76. The summed E-state index contributed by atoms with van der Waals surface area (Å²) in [6.45, 7) is 2.04. The molecule has 0 aliphatic heterocycles. The number of amides is 2. The molecule has 0 heterocycles. The van der Waals surface area contributed by atoms with E-state index < -0.39 is 6.09 Å². The second kappa shape index (κ2) is 8.62. The van der Waals surface area contributed by atoms with E-state index in [0.717, 1.165) is 0 Å². The van der Waals surface area contributed by atoms with Crippen LogP contribution < -0.4 is 10.2 Å². The minimum absolute atomic E-state index is 0.128. The van der Waals surface area contributed by atoms with Crippen molar-refractivity contribution in [2.45, 2.75) is 13.3 Å². The number of halogens is 2. The minimum atomic E-state index is -0.443. The molecule has 2 aromatic rings. The number of nitrogens with one attached hydrogen (secondary N) is 1. The molecular formula is C18H18BrFN2O3. The fourth-order valence-electron chi connectivity index (χ4n) is 2.13. The van der Waals surface area contributed by atoms with Crippen LogP contribution in [0.2, 0.25) is 0 Å². The van der Waals surface area contributed by atoms with Crippen molar-refractivity contribution in [3.8, 4) is 0 Å². The van der Waals surface area contributed by atoms with E-state index in [1.165, 1.54) is 11.0 Å². The summed E-state index contributed by atoms with van der Waals surface area (Å²) in [7, 11) is 1.61. The smallest absolute Gasteiger partial charge is 0.413 e. The van der Waals surface area contributed by atoms with Crippen molar-refractivity contribution >= 4 is 39.3 Å². The van der Waals surface area contributed by atoms with E-state index in [0.29, 0.717) is 28.0 Å². The van der Waals surface area contributed by atoms with E-state index in [4.69, 9.17) is 4.74 Å². The fraction of sp³-hybridized carbons (Fsp3) is 0.222. The monoisotopic (exact) mass is 408 g/mol. The lowest BCUT2D eigenvalue weighted by molar-refractivity contribution is -0.115. The highest BCUT2D eigenvalue weighted by Crippen LogP contribution is 2.19. The molecule has 0 radical (unpaired) electrons. The van der Waals surface area contributed by atoms with Gasteiger partial charge < -0.3 is 10.1 Å². The van der Waals surface area contributed by atoms with Gasteiger partial charge in [0.25, 0.3) is 0 Å². The van der Waals surface area contributed by atoms with Gasteiger partial charge in [-0.15, -0.1) is 0 Å². The van der Waals surface area contributed by atoms with Crippen LogP contribution in [0.1, 0.15) is 12.5 Å². The maximum atomic E-state index is 13.2. The highest BCUT2D eigenvalue weighted by atomic mass is 79.9. The normalized spacial score (nSPS) is 10.2. The molecule has 0 aliphatic rings. The molecule has 0 aromatic heterocycles. The first-order valence-electron chi connectivity index (χ1n) is 7.65. The largest absolute Gasteiger partial charge is 0.449 e. The van der Waals surface area contributed by atoms with Gasteiger partial charge in [0, 0.05) is 18.4 Å². The molecule has 0 saturated carbocycles. The number of hydrogen-bond donors (Lipinski definition) is 1. The lowest BCUT2D eigenvalue weighted by atomic mass is 10.1. The average Bonchev–Trinajstić information content (AvgIpc) is 2.58. The summed E-state index contributed by atoms with van der Waals surface area (Å²) in [6.07, 6.45) is -0.315. The van der Waals surface area contributed by atoms with Crippen LogP contribution in [0.5, 0.6) is 0 Å². The van der Waals surface area contributed by atoms with Crippen LogP contribution in [0.4, 0.5) is 20.6 Å². The van der Waals surface area contributed by atoms with E-state index in [9.17, 15) is 14.0 Å². The van der Waals surface area contributed by atoms with Crippen LogP contribution in [-0.4, -0.2) is 25.7 Å². The van der Waals surface area contributed by atoms with Crippen molar-refractivity contribution < 1.29 is 18.7 Å². The van der Waals surface area contributed by atoms with Gasteiger partial charge in [0.15, 0.2) is 0 Å². The Morgan fingerprint density at radius 2 is 1.88 bits per heavy atom. The molecule has 0 bridgehead atoms. The maximum Gasteiger partial charge on any atom is 0.413 e. The van der Waals surface area contributed by atoms with Crippen molar-refractivity contribution in [2.24, 2.45) is 0 Å². The quantitative estimate of drug-likeness (QED) is 0.799. The summed E-state index contributed by atoms with van der Waals surface area (Å²) in [4.78, 5) is 25.1. The summed E-state index contributed by atoms with van der Waals surface area (Å²) in [5.41, 5.74) is 1.95. The number of rotatable bonds is 5. The molecule has 7 heteroatoms. The van der Waals surface area contributed by atoms with Crippen molar-refractivity contribution in [3.05, 3.63) is 58.3 Å². The number of carbonyl (C=O) groups excluding carboxylic acids is 2. The molecule has 0 spiro atoms. The molecular weight excluding hydrogens is 391 g/mol. The molecule has 2 amide bonds. The van der Waals surface area contributed by atoms with Gasteiger partial charge in [-0.25, -0.2) is 9.18 Å². The Morgan fingerprint density at radius 1 is 1.20 bits per heavy atom. The number of benzene rings is 2. The molecule has 0 atom stereocenters. The molecule has 2 aromatic carbocycles. The first-order chi connectivity index (χ1) is 11.9. The Labute approximate surface area is 153 Å². The summed E-state index contributed by atoms with van der Waals surface area (Å²) < 4.78 is 18.5. The first kappa shape index (κ1) is 18.9. The Kier molecular flexibility index (Phi) is 6.52. The molecule has 0 unspecified atom stereocenters. The lowest BCUT2D eigenvalue weighted by Gasteiger charge is -2.17. The molecule has 0 fully saturated rings. The third-order valence-corrected chi connectivity index (χ3v) is 4.04. The number of nitrogens with zero attached hydrogens (tertiary/aromatic N) is 1. The van der Waals surface area contributed by atoms with Gasteiger partial charge in [-0.05, 0) is 64.8 Å². The highest BCUT2D eigenvalue weighted by Gasteiger charge is 2.12. The molecule has 0 saturated heterocycles. The van der Waals surface area contributed by atoms with Crippen molar-refractivity contribution in [1.29, 1.82) is 0 Å². The van der Waals surface area contributed by atoms with Crippen molar-refractivity contribution in [1.82, 2.24) is 0 Å². The Hall–Kier alpha value is -2.41. The van der Waals surface area contributed by atoms with Crippen molar-refractivity contribution in [3.63, 3.8) is 0 Å². The van der Waals surface area contributed by atoms with Crippen LogP contribution >= 0.6 is 15.9 Å². The van der Waals surface area contributed by atoms with Crippen LogP contribution in [0.25, 0.3) is 0 Å². The standard InChI is InChI=1S/C18H18BrFN2O3/c1-3-25-18(24)22(2)14-7-5-13(6-8-14)21-17(23)11-12-4-9-16(20)15(19)10-12/h4-10H,3,11H2,1-2H3,(H,21,23). The van der Waals surface area contributed by atoms with E-state index in [-0.39, 0.29) is 18.1 Å². The van der Waals surface area contributed by atoms with E-state index in [2.05, 4.69) is 21.2 Å². The molecule has 5 nitrogen and oxygen atoms in total. The predicted octanol–water partition coefficient (Wildman–Crippen LogP) is 4.36. The molecule has 0 aliphatic carbocycles. The Balaban J connectivity index is 1.97. The van der Waals surface area contributed by atoms with Crippen LogP contribution in [-0.2, 0) is 16.0 Å². The van der Waals surface area contributed by atoms with Gasteiger partial charge in [-0.3, -0.25) is 9.69 Å². The van der Waals surface area contributed by atoms with Gasteiger partial charge in [-0.1, -0.05) is 6.07 Å². The zero-order valence-corrected chi connectivity index (χ0v) is 15.5. The van der Waals surface area contributed by atoms with Gasteiger partial charge in [0.1, 0.15) is 5.82 Å². The lowest BCUT2D eigenvalue weighted by Crippen LogP contribution is -2.26.